The van der Waals surface area contributed by atoms with Crippen LogP contribution in [-0.2, 0) is 13.1 Å². The molecule has 0 aliphatic heterocycles. The van der Waals surface area contributed by atoms with Crippen LogP contribution >= 0.6 is 23.2 Å². The van der Waals surface area contributed by atoms with Crippen LogP contribution in [0.5, 0.6) is 11.5 Å². The summed E-state index contributed by atoms with van der Waals surface area (Å²) in [7, 11) is 0. The van der Waals surface area contributed by atoms with Crippen LogP contribution in [0.15, 0.2) is 94.5 Å². The molecule has 4 aromatic carbocycles. The zero-order chi connectivity index (χ0) is 36.1. The first kappa shape index (κ1) is 35.8. The zero-order valence-electron chi connectivity index (χ0n) is 25.0. The molecule has 0 aliphatic carbocycles. The summed E-state index contributed by atoms with van der Waals surface area (Å²) in [6.45, 7) is 0.506. The molecule has 10 nitrogen and oxygen atoms in total. The van der Waals surface area contributed by atoms with E-state index >= 15 is 0 Å². The highest BCUT2D eigenvalue weighted by Gasteiger charge is 2.31. The number of halogens is 8. The molecule has 0 radical (unpaired) electrons. The van der Waals surface area contributed by atoms with E-state index in [0.29, 0.717) is 44.0 Å². The van der Waals surface area contributed by atoms with Crippen LogP contribution in [0.2, 0.25) is 10.3 Å². The normalized spacial score (nSPS) is 11.5. The van der Waals surface area contributed by atoms with Gasteiger partial charge in [0.2, 0.25) is 0 Å². The quantitative estimate of drug-likeness (QED) is 0.115. The largest absolute Gasteiger partial charge is 0.573 e. The summed E-state index contributed by atoms with van der Waals surface area (Å²) < 4.78 is 81.3. The van der Waals surface area contributed by atoms with Crippen LogP contribution in [0, 0.1) is 0 Å². The van der Waals surface area contributed by atoms with Crippen molar-refractivity contribution in [1.82, 2.24) is 20.4 Å². The molecule has 0 bridgehead atoms. The second kappa shape index (κ2) is 15.0. The molecule has 0 spiro atoms. The highest BCUT2D eigenvalue weighted by atomic mass is 35.5. The Morgan fingerprint density at radius 3 is 1.52 bits per heavy atom. The maximum atomic E-state index is 12.3. The standard InChI is InChI=1S/2C16H11ClF3N3O2/c17-14-13-7-10(4-5-12(13)15(24)23-22-14)21-8-9-2-1-3-11(6-9)25-16(18,19)20;17-14-12-5-4-10(7-13(12)15(24)23-22-14)21-8-9-2-1-3-11(6-9)25-16(18,19)20/h2*1-7,21H,8H2,(H,23,24). The molecular weight excluding hydrogens is 717 g/mol. The average molecular weight is 739 g/mol. The van der Waals surface area contributed by atoms with E-state index in [1.165, 1.54) is 36.4 Å². The lowest BCUT2D eigenvalue weighted by molar-refractivity contribution is -0.275. The number of fused-ring (bicyclic) bond motifs is 2. The monoisotopic (exact) mass is 738 g/mol. The van der Waals surface area contributed by atoms with Gasteiger partial charge in [-0.2, -0.15) is 10.2 Å². The fourth-order valence-electron chi connectivity index (χ4n) is 4.60. The number of hydrogen-bond donors (Lipinski definition) is 4. The summed E-state index contributed by atoms with van der Waals surface area (Å²) in [6.07, 6.45) is -9.47. The Kier molecular flexibility index (Phi) is 10.7. The van der Waals surface area contributed by atoms with E-state index in [0.717, 1.165) is 0 Å². The lowest BCUT2D eigenvalue weighted by Crippen LogP contribution is -2.17. The Morgan fingerprint density at radius 1 is 0.580 bits per heavy atom. The molecule has 0 unspecified atom stereocenters. The number of rotatable bonds is 8. The van der Waals surface area contributed by atoms with Crippen LogP contribution < -0.4 is 31.2 Å². The van der Waals surface area contributed by atoms with Crippen molar-refractivity contribution in [3.05, 3.63) is 127 Å². The molecule has 0 amide bonds. The summed E-state index contributed by atoms with van der Waals surface area (Å²) in [5.74, 6) is -0.580. The van der Waals surface area contributed by atoms with E-state index in [4.69, 9.17) is 23.2 Å². The molecule has 50 heavy (non-hydrogen) atoms. The summed E-state index contributed by atoms with van der Waals surface area (Å²) in [6, 6.07) is 21.1. The van der Waals surface area contributed by atoms with Crippen molar-refractivity contribution >= 4 is 56.1 Å². The maximum absolute atomic E-state index is 12.3. The van der Waals surface area contributed by atoms with Crippen molar-refractivity contribution < 1.29 is 35.8 Å². The van der Waals surface area contributed by atoms with Gasteiger partial charge in [-0.1, -0.05) is 47.5 Å². The van der Waals surface area contributed by atoms with Gasteiger partial charge >= 0.3 is 12.7 Å². The van der Waals surface area contributed by atoms with E-state index in [1.54, 1.807) is 48.5 Å². The summed E-state index contributed by atoms with van der Waals surface area (Å²) in [5.41, 5.74) is 1.69. The van der Waals surface area contributed by atoms with Crippen molar-refractivity contribution in [2.75, 3.05) is 10.6 Å². The van der Waals surface area contributed by atoms with Crippen LogP contribution in [0.25, 0.3) is 21.5 Å². The second-order valence-corrected chi connectivity index (χ2v) is 11.0. The number of alkyl halides is 6. The lowest BCUT2D eigenvalue weighted by Gasteiger charge is -2.11. The Morgan fingerprint density at radius 2 is 1.02 bits per heavy atom. The van der Waals surface area contributed by atoms with Crippen LogP contribution in [-0.4, -0.2) is 33.1 Å². The third-order valence-corrected chi connectivity index (χ3v) is 7.32. The van der Waals surface area contributed by atoms with Gasteiger partial charge in [0, 0.05) is 35.2 Å². The summed E-state index contributed by atoms with van der Waals surface area (Å²) >= 11 is 11.9. The number of nitrogens with zero attached hydrogens (tertiary/aromatic N) is 2. The number of anilines is 2. The molecule has 6 rings (SSSR count). The third kappa shape index (κ3) is 9.79. The number of aromatic amines is 2. The fourth-order valence-corrected chi connectivity index (χ4v) is 5.00. The predicted octanol–water partition coefficient (Wildman–Crippen LogP) is 8.17. The lowest BCUT2D eigenvalue weighted by atomic mass is 10.1. The maximum Gasteiger partial charge on any atom is 0.573 e. The van der Waals surface area contributed by atoms with Crippen LogP contribution in [0.4, 0.5) is 37.7 Å². The molecule has 260 valence electrons. The number of benzene rings is 4. The SMILES string of the molecule is O=c1[nH]nc(Cl)c2cc(NCc3cccc(OC(F)(F)F)c3)ccc12.O=c1[nH]nc(Cl)c2ccc(NCc3cccc(OC(F)(F)F)c3)cc12. The molecule has 0 aliphatic rings. The average Bonchev–Trinajstić information content (AvgIpc) is 3.05. The van der Waals surface area contributed by atoms with Gasteiger partial charge < -0.3 is 20.1 Å². The van der Waals surface area contributed by atoms with E-state index < -0.39 is 12.7 Å². The Labute approximate surface area is 286 Å². The number of H-pyrrole nitrogens is 2. The minimum Gasteiger partial charge on any atom is -0.406 e. The minimum atomic E-state index is -4.74. The molecule has 2 aromatic heterocycles. The molecular formula is C32H22Cl2F6N6O4. The molecule has 6 aromatic rings. The van der Waals surface area contributed by atoms with E-state index in [-0.39, 0.29) is 46.0 Å². The highest BCUT2D eigenvalue weighted by Crippen LogP contribution is 2.27. The van der Waals surface area contributed by atoms with Gasteiger partial charge in [-0.3, -0.25) is 9.59 Å². The highest BCUT2D eigenvalue weighted by molar-refractivity contribution is 6.34. The summed E-state index contributed by atoms with van der Waals surface area (Å²) in [5, 5.41) is 20.1. The summed E-state index contributed by atoms with van der Waals surface area (Å²) in [4.78, 5) is 23.5. The van der Waals surface area contributed by atoms with Gasteiger partial charge in [0.25, 0.3) is 11.1 Å². The smallest absolute Gasteiger partial charge is 0.406 e. The minimum absolute atomic E-state index is 0.152. The molecule has 0 atom stereocenters. The van der Waals surface area contributed by atoms with Crippen molar-refractivity contribution in [1.29, 1.82) is 0 Å². The van der Waals surface area contributed by atoms with Crippen LogP contribution in [0.1, 0.15) is 11.1 Å². The predicted molar refractivity (Wildman–Crippen MR) is 176 cm³/mol. The number of nitrogens with one attached hydrogen (secondary N) is 4. The van der Waals surface area contributed by atoms with Gasteiger partial charge in [0.05, 0.1) is 10.8 Å². The molecule has 2 heterocycles. The van der Waals surface area contributed by atoms with Crippen molar-refractivity contribution in [3.8, 4) is 11.5 Å². The van der Waals surface area contributed by atoms with Gasteiger partial charge in [0.1, 0.15) is 11.5 Å². The first-order valence-corrected chi connectivity index (χ1v) is 14.9. The second-order valence-electron chi connectivity index (χ2n) is 10.3. The molecule has 18 heteroatoms. The molecule has 0 saturated heterocycles. The molecule has 4 N–H and O–H groups in total. The van der Waals surface area contributed by atoms with E-state index in [9.17, 15) is 35.9 Å². The number of hydrogen-bond acceptors (Lipinski definition) is 8. The topological polar surface area (TPSA) is 134 Å². The third-order valence-electron chi connectivity index (χ3n) is 6.74. The van der Waals surface area contributed by atoms with Crippen LogP contribution in [0.3, 0.4) is 0 Å². The molecule has 0 saturated carbocycles. The van der Waals surface area contributed by atoms with Gasteiger partial charge in [-0.25, -0.2) is 10.2 Å². The van der Waals surface area contributed by atoms with Gasteiger partial charge in [0.15, 0.2) is 10.3 Å². The zero-order valence-corrected chi connectivity index (χ0v) is 26.6. The molecule has 0 fully saturated rings. The Bertz CT molecular complexity index is 2260. The van der Waals surface area contributed by atoms with Crippen molar-refractivity contribution in [2.24, 2.45) is 0 Å². The van der Waals surface area contributed by atoms with Gasteiger partial charge in [-0.15, -0.1) is 26.3 Å². The number of ether oxygens (including phenoxy) is 2. The first-order valence-electron chi connectivity index (χ1n) is 14.2. The van der Waals surface area contributed by atoms with E-state index in [1.807, 2.05) is 0 Å². The Hall–Kier alpha value is -5.48. The van der Waals surface area contributed by atoms with Crippen molar-refractivity contribution in [2.45, 2.75) is 25.8 Å². The fraction of sp³-hybridized carbons (Fsp3) is 0.125. The van der Waals surface area contributed by atoms with Gasteiger partial charge in [-0.05, 0) is 71.8 Å². The Balaban J connectivity index is 0.000000194. The first-order chi connectivity index (χ1) is 23.6. The van der Waals surface area contributed by atoms with E-state index in [2.05, 4.69) is 40.5 Å². The van der Waals surface area contributed by atoms with Crippen molar-refractivity contribution in [3.63, 3.8) is 0 Å². The number of aromatic nitrogens is 4.